The van der Waals surface area contributed by atoms with Crippen molar-refractivity contribution in [3.05, 3.63) is 29.3 Å². The zero-order valence-electron chi connectivity index (χ0n) is 11.3. The first-order chi connectivity index (χ1) is 8.74. The third kappa shape index (κ3) is 4.65. The van der Waals surface area contributed by atoms with Crippen molar-refractivity contribution >= 4 is 15.6 Å². The van der Waals surface area contributed by atoms with E-state index in [1.54, 1.807) is 12.1 Å². The van der Waals surface area contributed by atoms with Crippen LogP contribution in [-0.2, 0) is 9.84 Å². The van der Waals surface area contributed by atoms with Gasteiger partial charge in [0.15, 0.2) is 5.78 Å². The van der Waals surface area contributed by atoms with E-state index in [0.29, 0.717) is 11.3 Å². The van der Waals surface area contributed by atoms with Crippen molar-refractivity contribution in [2.75, 3.05) is 19.1 Å². The van der Waals surface area contributed by atoms with Crippen LogP contribution in [0.2, 0.25) is 0 Å². The number of hydrogen-bond donors (Lipinski definition) is 1. The Bertz CT molecular complexity index is 566. The lowest BCUT2D eigenvalue weighted by molar-refractivity contribution is 0.0956. The van der Waals surface area contributed by atoms with Gasteiger partial charge in [-0.1, -0.05) is 11.6 Å². The molecule has 1 unspecified atom stereocenters. The van der Waals surface area contributed by atoms with Gasteiger partial charge < -0.3 is 10.5 Å². The Balaban J connectivity index is 2.90. The first-order valence-electron chi connectivity index (χ1n) is 5.87. The molecule has 0 aliphatic rings. The van der Waals surface area contributed by atoms with E-state index in [0.717, 1.165) is 11.8 Å². The van der Waals surface area contributed by atoms with Crippen molar-refractivity contribution < 1.29 is 17.9 Å². The van der Waals surface area contributed by atoms with Crippen LogP contribution in [-0.4, -0.2) is 39.4 Å². The molecule has 0 spiro atoms. The third-order valence-electron chi connectivity index (χ3n) is 2.76. The number of ether oxygens (including phenoxy) is 1. The zero-order valence-corrected chi connectivity index (χ0v) is 12.2. The van der Waals surface area contributed by atoms with E-state index in [2.05, 4.69) is 0 Å². The average Bonchev–Trinajstić information content (AvgIpc) is 2.34. The highest BCUT2D eigenvalue weighted by molar-refractivity contribution is 7.90. The van der Waals surface area contributed by atoms with Crippen LogP contribution in [0.3, 0.4) is 0 Å². The molecule has 1 aromatic carbocycles. The number of carbonyl (C=O) groups excluding carboxylic acids is 1. The molecule has 1 aromatic rings. The highest BCUT2D eigenvalue weighted by Gasteiger charge is 2.21. The molecular weight excluding hydrogens is 266 g/mol. The second kappa shape index (κ2) is 6.16. The minimum Gasteiger partial charge on any atom is -0.496 e. The summed E-state index contributed by atoms with van der Waals surface area (Å²) in [5, 5.41) is 0. The Labute approximate surface area is 113 Å². The lowest BCUT2D eigenvalue weighted by Crippen LogP contribution is -2.32. The van der Waals surface area contributed by atoms with E-state index in [4.69, 9.17) is 10.5 Å². The Morgan fingerprint density at radius 1 is 1.42 bits per heavy atom. The van der Waals surface area contributed by atoms with Crippen molar-refractivity contribution in [3.63, 3.8) is 0 Å². The van der Waals surface area contributed by atoms with Gasteiger partial charge in [-0.25, -0.2) is 8.42 Å². The summed E-state index contributed by atoms with van der Waals surface area (Å²) in [5.74, 6) is 0.0446. The normalized spacial score (nSPS) is 13.1. The van der Waals surface area contributed by atoms with Crippen molar-refractivity contribution in [2.45, 2.75) is 19.4 Å². The zero-order chi connectivity index (χ0) is 14.6. The van der Waals surface area contributed by atoms with Crippen LogP contribution in [0.4, 0.5) is 0 Å². The van der Waals surface area contributed by atoms with Gasteiger partial charge in [-0.05, 0) is 25.5 Å². The monoisotopic (exact) mass is 285 g/mol. The maximum Gasteiger partial charge on any atom is 0.183 e. The van der Waals surface area contributed by atoms with Crippen molar-refractivity contribution in [1.82, 2.24) is 0 Å². The minimum atomic E-state index is -3.12. The Morgan fingerprint density at radius 2 is 2.05 bits per heavy atom. The molecule has 0 aliphatic carbocycles. The minimum absolute atomic E-state index is 0.103. The molecule has 0 saturated heterocycles. The van der Waals surface area contributed by atoms with Crippen molar-refractivity contribution in [1.29, 1.82) is 0 Å². The second-order valence-electron chi connectivity index (χ2n) is 4.59. The van der Waals surface area contributed by atoms with E-state index in [9.17, 15) is 13.2 Å². The Hall–Kier alpha value is -1.40. The maximum atomic E-state index is 12.2. The first kappa shape index (κ1) is 15.7. The number of hydrogen-bond acceptors (Lipinski definition) is 5. The summed E-state index contributed by atoms with van der Waals surface area (Å²) >= 11 is 0. The first-order valence-corrected chi connectivity index (χ1v) is 7.93. The molecule has 1 rings (SSSR count). The number of Topliss-reactive ketones (excluding diaryl/α,β-unsaturated/α-hetero) is 1. The molecule has 0 bridgehead atoms. The molecule has 19 heavy (non-hydrogen) atoms. The van der Waals surface area contributed by atoms with E-state index >= 15 is 0 Å². The van der Waals surface area contributed by atoms with Gasteiger partial charge >= 0.3 is 0 Å². The maximum absolute atomic E-state index is 12.2. The van der Waals surface area contributed by atoms with E-state index in [1.165, 1.54) is 7.11 Å². The van der Waals surface area contributed by atoms with Gasteiger partial charge in [-0.3, -0.25) is 4.79 Å². The fourth-order valence-corrected chi connectivity index (χ4v) is 2.37. The molecule has 0 fully saturated rings. The summed E-state index contributed by atoms with van der Waals surface area (Å²) in [5.41, 5.74) is 7.07. The molecule has 5 nitrogen and oxygen atoms in total. The summed E-state index contributed by atoms with van der Waals surface area (Å²) < 4.78 is 27.3. The van der Waals surface area contributed by atoms with Gasteiger partial charge in [0.05, 0.1) is 24.5 Å². The smallest absolute Gasteiger partial charge is 0.183 e. The molecule has 0 heterocycles. The topological polar surface area (TPSA) is 86.5 Å². The highest BCUT2D eigenvalue weighted by Crippen LogP contribution is 2.21. The molecule has 1 atom stereocenters. The van der Waals surface area contributed by atoms with E-state index in [-0.39, 0.29) is 18.0 Å². The van der Waals surface area contributed by atoms with Crippen LogP contribution in [0.15, 0.2) is 18.2 Å². The third-order valence-corrected chi connectivity index (χ3v) is 3.73. The summed E-state index contributed by atoms with van der Waals surface area (Å²) in [6, 6.07) is 4.38. The number of methoxy groups -OCH3 is 1. The predicted octanol–water partition coefficient (Wildman–Crippen LogP) is 0.948. The van der Waals surface area contributed by atoms with Gasteiger partial charge in [-0.15, -0.1) is 0 Å². The highest BCUT2D eigenvalue weighted by atomic mass is 32.2. The fourth-order valence-electron chi connectivity index (χ4n) is 1.69. The molecular formula is C13H19NO4S. The van der Waals surface area contributed by atoms with Gasteiger partial charge in [0.1, 0.15) is 15.6 Å². The quantitative estimate of drug-likeness (QED) is 0.786. The molecule has 0 amide bonds. The number of aryl methyl sites for hydroxylation is 1. The molecule has 0 saturated carbocycles. The number of ketones is 1. The van der Waals surface area contributed by atoms with E-state index < -0.39 is 15.9 Å². The molecule has 2 N–H and O–H groups in total. The van der Waals surface area contributed by atoms with Gasteiger partial charge in [0.2, 0.25) is 0 Å². The Kier molecular flexibility index (Phi) is 5.08. The standard InChI is InChI=1S/C13H19NO4S/c1-9-4-5-12(18-2)10(8-9)13(15)11(14)6-7-19(3,16)17/h4-5,8,11H,6-7,14H2,1-3H3. The summed E-state index contributed by atoms with van der Waals surface area (Å²) in [6.45, 7) is 1.86. The molecule has 106 valence electrons. The van der Waals surface area contributed by atoms with E-state index in [1.807, 2.05) is 13.0 Å². The fraction of sp³-hybridized carbons (Fsp3) is 0.462. The molecule has 0 radical (unpaired) electrons. The van der Waals surface area contributed by atoms with Gasteiger partial charge in [0, 0.05) is 6.26 Å². The van der Waals surface area contributed by atoms with Crippen LogP contribution in [0.25, 0.3) is 0 Å². The van der Waals surface area contributed by atoms with Crippen LogP contribution < -0.4 is 10.5 Å². The van der Waals surface area contributed by atoms with Gasteiger partial charge in [0.25, 0.3) is 0 Å². The van der Waals surface area contributed by atoms with Crippen LogP contribution in [0.5, 0.6) is 5.75 Å². The number of nitrogens with two attached hydrogens (primary N) is 1. The summed E-state index contributed by atoms with van der Waals surface area (Å²) in [4.78, 5) is 12.2. The van der Waals surface area contributed by atoms with Crippen molar-refractivity contribution in [2.24, 2.45) is 5.73 Å². The number of carbonyl (C=O) groups is 1. The Morgan fingerprint density at radius 3 is 2.58 bits per heavy atom. The predicted molar refractivity (Wildman–Crippen MR) is 74.4 cm³/mol. The van der Waals surface area contributed by atoms with Gasteiger partial charge in [-0.2, -0.15) is 0 Å². The number of benzene rings is 1. The van der Waals surface area contributed by atoms with Crippen LogP contribution in [0, 0.1) is 6.92 Å². The van der Waals surface area contributed by atoms with Crippen molar-refractivity contribution in [3.8, 4) is 5.75 Å². The van der Waals surface area contributed by atoms with Crippen LogP contribution in [0.1, 0.15) is 22.3 Å². The number of rotatable bonds is 6. The lowest BCUT2D eigenvalue weighted by Gasteiger charge is -2.13. The second-order valence-corrected chi connectivity index (χ2v) is 6.85. The summed E-state index contributed by atoms with van der Waals surface area (Å²) in [6.07, 6.45) is 1.23. The average molecular weight is 285 g/mol. The molecule has 0 aromatic heterocycles. The van der Waals surface area contributed by atoms with Crippen LogP contribution >= 0.6 is 0 Å². The number of sulfone groups is 1. The molecule has 0 aliphatic heterocycles. The SMILES string of the molecule is COc1ccc(C)cc1C(=O)C(N)CCS(C)(=O)=O. The lowest BCUT2D eigenvalue weighted by atomic mass is 10.0. The largest absolute Gasteiger partial charge is 0.496 e. The summed E-state index contributed by atoms with van der Waals surface area (Å²) in [7, 11) is -1.65. The molecule has 6 heteroatoms.